The van der Waals surface area contributed by atoms with Gasteiger partial charge in [0, 0.05) is 48.9 Å². The molecule has 24 heavy (non-hydrogen) atoms. The molecule has 3 rings (SSSR count). The largest absolute Gasteiger partial charge is 0.369 e. The topological polar surface area (TPSA) is 35.6 Å². The zero-order chi connectivity index (χ0) is 16.8. The first kappa shape index (κ1) is 17.0. The quantitative estimate of drug-likeness (QED) is 0.872. The predicted molar refractivity (Wildman–Crippen MR) is 102 cm³/mol. The Balaban J connectivity index is 1.44. The van der Waals surface area contributed by atoms with Gasteiger partial charge >= 0.3 is 0 Å². The van der Waals surface area contributed by atoms with Crippen molar-refractivity contribution in [1.29, 1.82) is 0 Å². The van der Waals surface area contributed by atoms with Crippen LogP contribution in [-0.4, -0.2) is 44.0 Å². The Morgan fingerprint density at radius 3 is 2.54 bits per heavy atom. The highest BCUT2D eigenvalue weighted by Crippen LogP contribution is 2.19. The van der Waals surface area contributed by atoms with E-state index in [0.717, 1.165) is 44.7 Å². The van der Waals surface area contributed by atoms with Gasteiger partial charge in [-0.1, -0.05) is 6.07 Å². The summed E-state index contributed by atoms with van der Waals surface area (Å²) in [4.78, 5) is 18.1. The van der Waals surface area contributed by atoms with Gasteiger partial charge in [-0.05, 0) is 55.6 Å². The Hall–Kier alpha value is -1.85. The summed E-state index contributed by atoms with van der Waals surface area (Å²) in [5, 5.41) is 5.08. The van der Waals surface area contributed by atoms with E-state index in [1.807, 2.05) is 12.1 Å². The molecule has 5 heteroatoms. The van der Waals surface area contributed by atoms with Crippen molar-refractivity contribution in [3.63, 3.8) is 0 Å². The average Bonchev–Trinajstić information content (AvgIpc) is 3.10. The van der Waals surface area contributed by atoms with E-state index in [1.165, 1.54) is 10.6 Å². The number of carbonyl (C=O) groups excluding carboxylic acids is 1. The Kier molecular flexibility index (Phi) is 5.88. The van der Waals surface area contributed by atoms with Crippen LogP contribution in [0, 0.1) is 0 Å². The molecule has 0 bridgehead atoms. The zero-order valence-electron chi connectivity index (χ0n) is 14.2. The molecule has 1 saturated heterocycles. The van der Waals surface area contributed by atoms with Crippen LogP contribution in [0.5, 0.6) is 0 Å². The maximum atomic E-state index is 12.0. The van der Waals surface area contributed by atoms with E-state index in [2.05, 4.69) is 51.8 Å². The predicted octanol–water partition coefficient (Wildman–Crippen LogP) is 3.46. The minimum Gasteiger partial charge on any atom is -0.369 e. The number of rotatable bonds is 6. The highest BCUT2D eigenvalue weighted by Gasteiger charge is 2.14. The number of amides is 1. The van der Waals surface area contributed by atoms with Crippen LogP contribution in [0.15, 0.2) is 41.8 Å². The Labute approximate surface area is 148 Å². The Bertz CT molecular complexity index is 631. The standard InChI is InChI=1S/C19H25N3OS/c1-21-11-13-22(14-12-21)17-9-7-16(8-10-17)20-19(23)6-2-4-18-5-3-15-24-18/h3,5,7-10,15H,2,4,6,11-14H2,1H3,(H,20,23). The fourth-order valence-electron chi connectivity index (χ4n) is 2.92. The second-order valence-corrected chi connectivity index (χ2v) is 7.35. The van der Waals surface area contributed by atoms with Crippen LogP contribution in [-0.2, 0) is 11.2 Å². The van der Waals surface area contributed by atoms with Crippen molar-refractivity contribution in [3.8, 4) is 0 Å². The lowest BCUT2D eigenvalue weighted by atomic mass is 10.2. The third-order valence-electron chi connectivity index (χ3n) is 4.43. The molecule has 0 radical (unpaired) electrons. The van der Waals surface area contributed by atoms with Crippen molar-refractivity contribution in [2.45, 2.75) is 19.3 Å². The van der Waals surface area contributed by atoms with Gasteiger partial charge in [0.1, 0.15) is 0 Å². The maximum absolute atomic E-state index is 12.0. The summed E-state index contributed by atoms with van der Waals surface area (Å²) in [6, 6.07) is 12.4. The molecule has 1 amide bonds. The SMILES string of the molecule is CN1CCN(c2ccc(NC(=O)CCCc3cccs3)cc2)CC1. The van der Waals surface area contributed by atoms with Crippen molar-refractivity contribution in [2.75, 3.05) is 43.4 Å². The third-order valence-corrected chi connectivity index (χ3v) is 5.36. The van der Waals surface area contributed by atoms with E-state index in [-0.39, 0.29) is 5.91 Å². The van der Waals surface area contributed by atoms with Gasteiger partial charge in [-0.3, -0.25) is 4.79 Å². The number of hydrogen-bond donors (Lipinski definition) is 1. The van der Waals surface area contributed by atoms with Crippen molar-refractivity contribution in [2.24, 2.45) is 0 Å². The molecule has 4 nitrogen and oxygen atoms in total. The van der Waals surface area contributed by atoms with Gasteiger partial charge in [0.25, 0.3) is 0 Å². The van der Waals surface area contributed by atoms with Gasteiger partial charge in [-0.2, -0.15) is 0 Å². The van der Waals surface area contributed by atoms with Crippen LogP contribution >= 0.6 is 11.3 Å². The summed E-state index contributed by atoms with van der Waals surface area (Å²) in [7, 11) is 2.16. The number of nitrogens with zero attached hydrogens (tertiary/aromatic N) is 2. The van der Waals surface area contributed by atoms with Gasteiger partial charge in [0.15, 0.2) is 0 Å². The smallest absolute Gasteiger partial charge is 0.224 e. The summed E-state index contributed by atoms with van der Waals surface area (Å²) < 4.78 is 0. The third kappa shape index (κ3) is 4.82. The molecule has 1 aliphatic heterocycles. The fourth-order valence-corrected chi connectivity index (χ4v) is 3.67. The van der Waals surface area contributed by atoms with Crippen LogP contribution in [0.4, 0.5) is 11.4 Å². The summed E-state index contributed by atoms with van der Waals surface area (Å²) in [6.07, 6.45) is 2.44. The maximum Gasteiger partial charge on any atom is 0.224 e. The van der Waals surface area contributed by atoms with Gasteiger partial charge in [-0.15, -0.1) is 11.3 Å². The lowest BCUT2D eigenvalue weighted by molar-refractivity contribution is -0.116. The molecule has 0 atom stereocenters. The lowest BCUT2D eigenvalue weighted by Gasteiger charge is -2.34. The van der Waals surface area contributed by atoms with Gasteiger partial charge in [0.05, 0.1) is 0 Å². The molecular weight excluding hydrogens is 318 g/mol. The second kappa shape index (κ2) is 8.31. The first-order chi connectivity index (χ1) is 11.7. The fraction of sp³-hybridized carbons (Fsp3) is 0.421. The van der Waals surface area contributed by atoms with E-state index < -0.39 is 0 Å². The van der Waals surface area contributed by atoms with Crippen LogP contribution in [0.25, 0.3) is 0 Å². The van der Waals surface area contributed by atoms with Crippen LogP contribution in [0.2, 0.25) is 0 Å². The number of benzene rings is 1. The van der Waals surface area contributed by atoms with Gasteiger partial charge < -0.3 is 15.1 Å². The monoisotopic (exact) mass is 343 g/mol. The lowest BCUT2D eigenvalue weighted by Crippen LogP contribution is -2.44. The number of nitrogens with one attached hydrogen (secondary N) is 1. The minimum absolute atomic E-state index is 0.0962. The van der Waals surface area contributed by atoms with E-state index >= 15 is 0 Å². The van der Waals surface area contributed by atoms with Crippen LogP contribution in [0.1, 0.15) is 17.7 Å². The van der Waals surface area contributed by atoms with E-state index in [4.69, 9.17) is 0 Å². The molecule has 1 aliphatic rings. The number of anilines is 2. The molecule has 0 unspecified atom stereocenters. The number of aryl methyl sites for hydroxylation is 1. The van der Waals surface area contributed by atoms with E-state index in [0.29, 0.717) is 6.42 Å². The molecule has 1 aromatic carbocycles. The summed E-state index contributed by atoms with van der Waals surface area (Å²) in [5.74, 6) is 0.0962. The van der Waals surface area contributed by atoms with E-state index in [1.54, 1.807) is 11.3 Å². The second-order valence-electron chi connectivity index (χ2n) is 6.32. The molecule has 1 aromatic heterocycles. The molecule has 2 heterocycles. The summed E-state index contributed by atoms with van der Waals surface area (Å²) in [5.41, 5.74) is 2.12. The number of piperazine rings is 1. The zero-order valence-corrected chi connectivity index (χ0v) is 15.0. The van der Waals surface area contributed by atoms with Crippen LogP contribution in [0.3, 0.4) is 0 Å². The molecule has 128 valence electrons. The normalized spacial score (nSPS) is 15.5. The Morgan fingerprint density at radius 1 is 1.12 bits per heavy atom. The Morgan fingerprint density at radius 2 is 1.88 bits per heavy atom. The van der Waals surface area contributed by atoms with Crippen molar-refractivity contribution in [1.82, 2.24) is 4.90 Å². The summed E-state index contributed by atoms with van der Waals surface area (Å²) >= 11 is 1.75. The number of carbonyl (C=O) groups is 1. The molecule has 2 aromatic rings. The number of thiophene rings is 1. The van der Waals surface area contributed by atoms with Crippen molar-refractivity contribution >= 4 is 28.6 Å². The summed E-state index contributed by atoms with van der Waals surface area (Å²) in [6.45, 7) is 4.32. The van der Waals surface area contributed by atoms with Crippen LogP contribution < -0.4 is 10.2 Å². The molecule has 1 N–H and O–H groups in total. The minimum atomic E-state index is 0.0962. The van der Waals surface area contributed by atoms with Gasteiger partial charge in [0.2, 0.25) is 5.91 Å². The molecule has 0 spiro atoms. The first-order valence-electron chi connectivity index (χ1n) is 8.56. The average molecular weight is 343 g/mol. The first-order valence-corrected chi connectivity index (χ1v) is 9.44. The van der Waals surface area contributed by atoms with Gasteiger partial charge in [-0.25, -0.2) is 0 Å². The molecular formula is C19H25N3OS. The van der Waals surface area contributed by atoms with Crippen molar-refractivity contribution in [3.05, 3.63) is 46.7 Å². The van der Waals surface area contributed by atoms with Crippen molar-refractivity contribution < 1.29 is 4.79 Å². The number of hydrogen-bond acceptors (Lipinski definition) is 4. The molecule has 1 fully saturated rings. The molecule has 0 aliphatic carbocycles. The highest BCUT2D eigenvalue weighted by atomic mass is 32.1. The highest BCUT2D eigenvalue weighted by molar-refractivity contribution is 7.09. The number of likely N-dealkylation sites (N-methyl/N-ethyl adjacent to an activating group) is 1. The van der Waals surface area contributed by atoms with E-state index in [9.17, 15) is 4.79 Å². The molecule has 0 saturated carbocycles.